The van der Waals surface area contributed by atoms with Crippen LogP contribution in [-0.2, 0) is 4.79 Å². The lowest BCUT2D eigenvalue weighted by molar-refractivity contribution is -0.140. The van der Waals surface area contributed by atoms with Crippen molar-refractivity contribution in [3.63, 3.8) is 0 Å². The van der Waals surface area contributed by atoms with Crippen molar-refractivity contribution in [1.29, 1.82) is 0 Å². The zero-order valence-corrected chi connectivity index (χ0v) is 16.4. The Morgan fingerprint density at radius 3 is 2.18 bits per heavy atom. The van der Waals surface area contributed by atoms with E-state index in [0.717, 1.165) is 36.8 Å². The van der Waals surface area contributed by atoms with E-state index in [1.807, 2.05) is 6.92 Å². The maximum atomic E-state index is 12.5. The molecule has 0 heterocycles. The number of carbonyl (C=O) groups excluding carboxylic acids is 2. The fourth-order valence-electron chi connectivity index (χ4n) is 3.45. The molecule has 3 rings (SSSR count). The molecule has 0 spiro atoms. The Kier molecular flexibility index (Phi) is 6.30. The molecular formula is C24H26O4. The third-order valence-corrected chi connectivity index (χ3v) is 5.18. The summed E-state index contributed by atoms with van der Waals surface area (Å²) in [5.41, 5.74) is 2.23. The first kappa shape index (κ1) is 19.9. The van der Waals surface area contributed by atoms with E-state index >= 15 is 0 Å². The molecule has 0 radical (unpaired) electrons. The van der Waals surface area contributed by atoms with Gasteiger partial charge in [0.2, 0.25) is 0 Å². The molecule has 146 valence electrons. The second-order valence-electron chi connectivity index (χ2n) is 7.58. The molecule has 0 bridgehead atoms. The Labute approximate surface area is 166 Å². The van der Waals surface area contributed by atoms with Crippen molar-refractivity contribution in [2.75, 3.05) is 0 Å². The average molecular weight is 378 g/mol. The molecule has 1 aliphatic rings. The number of rotatable bonds is 5. The fraction of sp³-hybridized carbons (Fsp3) is 0.333. The summed E-state index contributed by atoms with van der Waals surface area (Å²) < 4.78 is 11.1. The molecule has 28 heavy (non-hydrogen) atoms. The van der Waals surface area contributed by atoms with Gasteiger partial charge in [-0.05, 0) is 73.9 Å². The second-order valence-corrected chi connectivity index (χ2v) is 7.58. The highest BCUT2D eigenvalue weighted by Gasteiger charge is 2.26. The van der Waals surface area contributed by atoms with Crippen molar-refractivity contribution in [3.05, 3.63) is 65.7 Å². The SMILES string of the molecule is C=Cc1ccc(C(=O)Oc2cc(C)cc(OC(=O)[C@H]3CC[C@H](C)CC3)c2)cc1. The first-order valence-corrected chi connectivity index (χ1v) is 9.72. The highest BCUT2D eigenvalue weighted by Crippen LogP contribution is 2.30. The average Bonchev–Trinajstić information content (AvgIpc) is 2.68. The van der Waals surface area contributed by atoms with Gasteiger partial charge in [-0.15, -0.1) is 0 Å². The normalized spacial score (nSPS) is 18.9. The second kappa shape index (κ2) is 8.87. The van der Waals surface area contributed by atoms with Gasteiger partial charge in [-0.25, -0.2) is 4.79 Å². The quantitative estimate of drug-likeness (QED) is 0.503. The van der Waals surface area contributed by atoms with E-state index in [0.29, 0.717) is 23.0 Å². The highest BCUT2D eigenvalue weighted by atomic mass is 16.5. The molecule has 4 nitrogen and oxygen atoms in total. The van der Waals surface area contributed by atoms with E-state index in [2.05, 4.69) is 13.5 Å². The number of carbonyl (C=O) groups is 2. The van der Waals surface area contributed by atoms with Gasteiger partial charge in [0.05, 0.1) is 11.5 Å². The van der Waals surface area contributed by atoms with Crippen LogP contribution in [0.3, 0.4) is 0 Å². The van der Waals surface area contributed by atoms with Crippen LogP contribution in [0.4, 0.5) is 0 Å². The Bertz CT molecular complexity index is 859. The molecule has 0 aliphatic heterocycles. The Morgan fingerprint density at radius 1 is 0.964 bits per heavy atom. The summed E-state index contributed by atoms with van der Waals surface area (Å²) in [4.78, 5) is 24.8. The summed E-state index contributed by atoms with van der Waals surface area (Å²) in [6, 6.07) is 12.1. The Hall–Kier alpha value is -2.88. The Balaban J connectivity index is 1.67. The van der Waals surface area contributed by atoms with Crippen LogP contribution in [0.5, 0.6) is 11.5 Å². The first-order valence-electron chi connectivity index (χ1n) is 9.72. The van der Waals surface area contributed by atoms with Gasteiger partial charge in [-0.1, -0.05) is 31.7 Å². The van der Waals surface area contributed by atoms with E-state index in [4.69, 9.17) is 9.47 Å². The standard InChI is InChI=1S/C24H26O4/c1-4-18-7-11-20(12-8-18)24(26)28-22-14-17(3)13-21(15-22)27-23(25)19-9-5-16(2)6-10-19/h4,7-8,11-16,19H,1,5-6,9-10H2,2-3H3/t16-,19-. The maximum Gasteiger partial charge on any atom is 0.343 e. The molecular weight excluding hydrogens is 352 g/mol. The van der Waals surface area contributed by atoms with Crippen LogP contribution in [-0.4, -0.2) is 11.9 Å². The lowest BCUT2D eigenvalue weighted by Gasteiger charge is -2.24. The van der Waals surface area contributed by atoms with Crippen molar-refractivity contribution in [2.24, 2.45) is 11.8 Å². The van der Waals surface area contributed by atoms with Crippen LogP contribution >= 0.6 is 0 Å². The highest BCUT2D eigenvalue weighted by molar-refractivity contribution is 5.91. The molecule has 1 saturated carbocycles. The van der Waals surface area contributed by atoms with Gasteiger partial charge in [0, 0.05) is 6.07 Å². The van der Waals surface area contributed by atoms with Crippen molar-refractivity contribution in [3.8, 4) is 11.5 Å². The summed E-state index contributed by atoms with van der Waals surface area (Å²) in [5, 5.41) is 0. The Morgan fingerprint density at radius 2 is 1.57 bits per heavy atom. The number of ether oxygens (including phenoxy) is 2. The van der Waals surface area contributed by atoms with Gasteiger partial charge < -0.3 is 9.47 Å². The largest absolute Gasteiger partial charge is 0.426 e. The van der Waals surface area contributed by atoms with Gasteiger partial charge in [0.1, 0.15) is 11.5 Å². The van der Waals surface area contributed by atoms with Crippen LogP contribution in [0.25, 0.3) is 6.08 Å². The minimum absolute atomic E-state index is 0.0499. The number of esters is 2. The predicted molar refractivity (Wildman–Crippen MR) is 109 cm³/mol. The number of hydrogen-bond acceptors (Lipinski definition) is 4. The van der Waals surface area contributed by atoms with Gasteiger partial charge in [0.25, 0.3) is 0 Å². The van der Waals surface area contributed by atoms with Gasteiger partial charge in [0.15, 0.2) is 0 Å². The number of aryl methyl sites for hydroxylation is 1. The molecule has 0 atom stereocenters. The lowest BCUT2D eigenvalue weighted by Crippen LogP contribution is -2.25. The van der Waals surface area contributed by atoms with Crippen LogP contribution in [0.15, 0.2) is 49.0 Å². The topological polar surface area (TPSA) is 52.6 Å². The molecule has 0 aromatic heterocycles. The summed E-state index contributed by atoms with van der Waals surface area (Å²) in [7, 11) is 0. The van der Waals surface area contributed by atoms with Crippen LogP contribution in [0.1, 0.15) is 54.1 Å². The summed E-state index contributed by atoms with van der Waals surface area (Å²) in [5.74, 6) is 0.738. The first-order chi connectivity index (χ1) is 13.4. The molecule has 1 aliphatic carbocycles. The van der Waals surface area contributed by atoms with Crippen molar-refractivity contribution in [1.82, 2.24) is 0 Å². The van der Waals surface area contributed by atoms with Gasteiger partial charge in [-0.2, -0.15) is 0 Å². The summed E-state index contributed by atoms with van der Waals surface area (Å²) in [6.45, 7) is 7.78. The zero-order chi connectivity index (χ0) is 20.1. The molecule has 4 heteroatoms. The minimum atomic E-state index is -0.459. The van der Waals surface area contributed by atoms with Crippen LogP contribution < -0.4 is 9.47 Å². The fourth-order valence-corrected chi connectivity index (χ4v) is 3.45. The number of benzene rings is 2. The molecule has 0 saturated heterocycles. The molecule has 2 aromatic rings. The van der Waals surface area contributed by atoms with Gasteiger partial charge in [-0.3, -0.25) is 4.79 Å². The maximum absolute atomic E-state index is 12.5. The molecule has 1 fully saturated rings. The van der Waals surface area contributed by atoms with E-state index in [-0.39, 0.29) is 11.9 Å². The molecule has 0 amide bonds. The number of hydrogen-bond donors (Lipinski definition) is 0. The van der Waals surface area contributed by atoms with E-state index < -0.39 is 5.97 Å². The monoisotopic (exact) mass is 378 g/mol. The van der Waals surface area contributed by atoms with Crippen molar-refractivity contribution < 1.29 is 19.1 Å². The minimum Gasteiger partial charge on any atom is -0.426 e. The lowest BCUT2D eigenvalue weighted by atomic mass is 9.83. The molecule has 2 aromatic carbocycles. The van der Waals surface area contributed by atoms with E-state index in [9.17, 15) is 9.59 Å². The third-order valence-electron chi connectivity index (χ3n) is 5.18. The van der Waals surface area contributed by atoms with E-state index in [1.165, 1.54) is 0 Å². The summed E-state index contributed by atoms with van der Waals surface area (Å²) in [6.07, 6.45) is 5.56. The van der Waals surface area contributed by atoms with Crippen molar-refractivity contribution in [2.45, 2.75) is 39.5 Å². The third kappa shape index (κ3) is 5.10. The predicted octanol–water partition coefficient (Wildman–Crippen LogP) is 5.59. The van der Waals surface area contributed by atoms with Crippen LogP contribution in [0.2, 0.25) is 0 Å². The molecule has 0 N–H and O–H groups in total. The van der Waals surface area contributed by atoms with Gasteiger partial charge >= 0.3 is 11.9 Å². The summed E-state index contributed by atoms with van der Waals surface area (Å²) >= 11 is 0. The van der Waals surface area contributed by atoms with E-state index in [1.54, 1.807) is 48.5 Å². The smallest absolute Gasteiger partial charge is 0.343 e. The molecule has 0 unspecified atom stereocenters. The van der Waals surface area contributed by atoms with Crippen molar-refractivity contribution >= 4 is 18.0 Å². The van der Waals surface area contributed by atoms with Crippen LogP contribution in [0, 0.1) is 18.8 Å². The zero-order valence-electron chi connectivity index (χ0n) is 16.4.